The molecule has 5 aromatic rings. The highest BCUT2D eigenvalue weighted by molar-refractivity contribution is 7.59. The highest BCUT2D eigenvalue weighted by Gasteiger charge is 2.14. The van der Waals surface area contributed by atoms with Gasteiger partial charge in [0, 0.05) is 41.4 Å². The number of aromatic nitrogens is 6. The predicted molar refractivity (Wildman–Crippen MR) is 132 cm³/mol. The van der Waals surface area contributed by atoms with Crippen molar-refractivity contribution in [2.45, 2.75) is 19.8 Å². The summed E-state index contributed by atoms with van der Waals surface area (Å²) in [6.45, 7) is 4.74. The first-order chi connectivity index (χ1) is 15.1. The Bertz CT molecular complexity index is 1440. The molecule has 32 heavy (non-hydrogen) atoms. The number of aromatic amines is 2. The topological polar surface area (TPSA) is 112 Å². The average Bonchev–Trinajstić information content (AvgIpc) is 3.19. The molecule has 0 aliphatic heterocycles. The molecule has 5 rings (SSSR count). The second-order valence-corrected chi connectivity index (χ2v) is 7.63. The molecule has 0 saturated carbocycles. The molecular formula is C23H23N7OS. The standard InChI is InChI=1S/C23H21N7O.H2S/c1-13(9-25-20-8-18(27-12-28-20)15-7-6-14(2)24-10-15)16-4-3-5-17-21-19(11-26-22(16)17)29-30-23(21)31;/h3-8,10-13H,9H2,1-2H3,(H,25,27,28)(H2,29,30,31);1H2/t13-;/m1./s1. The molecule has 0 aliphatic carbocycles. The lowest BCUT2D eigenvalue weighted by molar-refractivity contribution is 0.806. The first kappa shape index (κ1) is 21.5. The third kappa shape index (κ3) is 3.94. The number of nitrogens with zero attached hydrogens (tertiary/aromatic N) is 4. The van der Waals surface area contributed by atoms with Crippen LogP contribution in [0.2, 0.25) is 0 Å². The summed E-state index contributed by atoms with van der Waals surface area (Å²) in [5.41, 5.74) is 5.21. The van der Waals surface area contributed by atoms with Crippen LogP contribution in [0.25, 0.3) is 33.1 Å². The van der Waals surface area contributed by atoms with Gasteiger partial charge in [-0.15, -0.1) is 0 Å². The molecule has 162 valence electrons. The Morgan fingerprint density at radius 3 is 2.72 bits per heavy atom. The smallest absolute Gasteiger partial charge is 0.272 e. The fourth-order valence-electron chi connectivity index (χ4n) is 3.77. The lowest BCUT2D eigenvalue weighted by atomic mass is 9.97. The number of hydrogen-bond donors (Lipinski definition) is 3. The lowest BCUT2D eigenvalue weighted by Gasteiger charge is -2.16. The normalized spacial score (nSPS) is 11.9. The van der Waals surface area contributed by atoms with E-state index in [0.717, 1.165) is 39.2 Å². The molecule has 0 unspecified atom stereocenters. The molecule has 0 fully saturated rings. The number of para-hydroxylation sites is 1. The molecule has 0 spiro atoms. The van der Waals surface area contributed by atoms with Gasteiger partial charge in [-0.05, 0) is 24.6 Å². The van der Waals surface area contributed by atoms with Crippen LogP contribution < -0.4 is 10.9 Å². The van der Waals surface area contributed by atoms with Crippen LogP contribution in [0, 0.1) is 6.92 Å². The molecule has 1 atom stereocenters. The SMILES string of the molecule is Cc1ccc(-c2cc(NC[C@@H](C)c3cccc4c3ncc3[nH][nH]c(=O)c34)ncn2)cn1.S. The minimum Gasteiger partial charge on any atom is -0.369 e. The lowest BCUT2D eigenvalue weighted by Crippen LogP contribution is -2.12. The number of H-pyrrole nitrogens is 2. The Morgan fingerprint density at radius 2 is 1.91 bits per heavy atom. The minimum atomic E-state index is -0.135. The van der Waals surface area contributed by atoms with Crippen LogP contribution in [-0.2, 0) is 0 Å². The van der Waals surface area contributed by atoms with Crippen LogP contribution in [0.5, 0.6) is 0 Å². The van der Waals surface area contributed by atoms with Crippen molar-refractivity contribution in [3.05, 3.63) is 76.7 Å². The number of pyridine rings is 2. The number of aryl methyl sites for hydroxylation is 1. The Balaban J connectivity index is 0.00000245. The number of hydrogen-bond acceptors (Lipinski definition) is 6. The van der Waals surface area contributed by atoms with Crippen LogP contribution >= 0.6 is 13.5 Å². The van der Waals surface area contributed by atoms with E-state index in [9.17, 15) is 4.79 Å². The van der Waals surface area contributed by atoms with Crippen molar-refractivity contribution in [1.29, 1.82) is 0 Å². The Morgan fingerprint density at radius 1 is 1.03 bits per heavy atom. The summed E-state index contributed by atoms with van der Waals surface area (Å²) in [5.74, 6) is 0.890. The summed E-state index contributed by atoms with van der Waals surface area (Å²) in [7, 11) is 0. The van der Waals surface area contributed by atoms with Crippen LogP contribution in [-0.4, -0.2) is 36.7 Å². The predicted octanol–water partition coefficient (Wildman–Crippen LogP) is 3.89. The molecule has 0 amide bonds. The van der Waals surface area contributed by atoms with Gasteiger partial charge in [0.1, 0.15) is 12.1 Å². The van der Waals surface area contributed by atoms with E-state index in [4.69, 9.17) is 0 Å². The van der Waals surface area contributed by atoms with Crippen molar-refractivity contribution in [2.75, 3.05) is 11.9 Å². The van der Waals surface area contributed by atoms with Crippen molar-refractivity contribution in [1.82, 2.24) is 30.1 Å². The summed E-state index contributed by atoms with van der Waals surface area (Å²) >= 11 is 0. The van der Waals surface area contributed by atoms with Gasteiger partial charge in [-0.25, -0.2) is 9.97 Å². The number of rotatable bonds is 5. The monoisotopic (exact) mass is 445 g/mol. The summed E-state index contributed by atoms with van der Waals surface area (Å²) in [6, 6.07) is 11.8. The average molecular weight is 446 g/mol. The van der Waals surface area contributed by atoms with Gasteiger partial charge in [0.05, 0.1) is 28.3 Å². The van der Waals surface area contributed by atoms with Gasteiger partial charge < -0.3 is 5.32 Å². The third-order valence-corrected chi connectivity index (χ3v) is 5.46. The minimum absolute atomic E-state index is 0. The molecule has 0 bridgehead atoms. The second-order valence-electron chi connectivity index (χ2n) is 7.63. The van der Waals surface area contributed by atoms with E-state index in [-0.39, 0.29) is 25.0 Å². The number of fused-ring (bicyclic) bond motifs is 3. The molecule has 4 aromatic heterocycles. The Labute approximate surface area is 191 Å². The van der Waals surface area contributed by atoms with Crippen LogP contribution in [0.1, 0.15) is 24.1 Å². The van der Waals surface area contributed by atoms with Gasteiger partial charge in [-0.3, -0.25) is 25.0 Å². The van der Waals surface area contributed by atoms with Gasteiger partial charge >= 0.3 is 0 Å². The van der Waals surface area contributed by atoms with Gasteiger partial charge in [-0.2, -0.15) is 13.5 Å². The molecule has 0 saturated heterocycles. The third-order valence-electron chi connectivity index (χ3n) is 5.46. The molecular weight excluding hydrogens is 422 g/mol. The van der Waals surface area contributed by atoms with E-state index >= 15 is 0 Å². The molecule has 3 N–H and O–H groups in total. The molecule has 1 aromatic carbocycles. The van der Waals surface area contributed by atoms with Crippen molar-refractivity contribution in [3.63, 3.8) is 0 Å². The maximum Gasteiger partial charge on any atom is 0.272 e. The molecule has 4 heterocycles. The second kappa shape index (κ2) is 8.80. The number of benzene rings is 1. The fraction of sp³-hybridized carbons (Fsp3) is 0.174. The zero-order valence-corrected chi connectivity index (χ0v) is 18.7. The first-order valence-electron chi connectivity index (χ1n) is 10.1. The zero-order chi connectivity index (χ0) is 21.4. The van der Waals surface area contributed by atoms with Gasteiger partial charge in [0.15, 0.2) is 0 Å². The maximum atomic E-state index is 12.2. The van der Waals surface area contributed by atoms with E-state index in [0.29, 0.717) is 17.4 Å². The highest BCUT2D eigenvalue weighted by Crippen LogP contribution is 2.27. The van der Waals surface area contributed by atoms with Crippen LogP contribution in [0.3, 0.4) is 0 Å². The number of nitrogens with one attached hydrogen (secondary N) is 3. The van der Waals surface area contributed by atoms with E-state index in [1.54, 1.807) is 12.5 Å². The summed E-state index contributed by atoms with van der Waals surface area (Å²) < 4.78 is 0. The Kier molecular flexibility index (Phi) is 5.91. The van der Waals surface area contributed by atoms with Gasteiger partial charge in [0.2, 0.25) is 0 Å². The summed E-state index contributed by atoms with van der Waals surface area (Å²) in [6.07, 6.45) is 5.07. The molecule has 0 aliphatic rings. The molecule has 8 nitrogen and oxygen atoms in total. The Hall–Kier alpha value is -3.72. The van der Waals surface area contributed by atoms with Crippen LogP contribution in [0.15, 0.2) is 59.9 Å². The van der Waals surface area contributed by atoms with Crippen molar-refractivity contribution in [2.24, 2.45) is 0 Å². The maximum absolute atomic E-state index is 12.2. The fourth-order valence-corrected chi connectivity index (χ4v) is 3.77. The van der Waals surface area contributed by atoms with E-state index in [1.165, 1.54) is 0 Å². The zero-order valence-electron chi connectivity index (χ0n) is 17.7. The van der Waals surface area contributed by atoms with Gasteiger partial charge in [-0.1, -0.05) is 25.1 Å². The van der Waals surface area contributed by atoms with Crippen LogP contribution in [0.4, 0.5) is 5.82 Å². The van der Waals surface area contributed by atoms with Crippen molar-refractivity contribution >= 4 is 41.1 Å². The van der Waals surface area contributed by atoms with E-state index < -0.39 is 0 Å². The quantitative estimate of drug-likeness (QED) is 0.378. The summed E-state index contributed by atoms with van der Waals surface area (Å²) in [4.78, 5) is 29.9. The largest absolute Gasteiger partial charge is 0.369 e. The highest BCUT2D eigenvalue weighted by atomic mass is 32.1. The molecule has 0 radical (unpaired) electrons. The van der Waals surface area contributed by atoms with Crippen molar-refractivity contribution < 1.29 is 0 Å². The van der Waals surface area contributed by atoms with E-state index in [2.05, 4.69) is 48.4 Å². The van der Waals surface area contributed by atoms with E-state index in [1.807, 2.05) is 43.5 Å². The van der Waals surface area contributed by atoms with Crippen molar-refractivity contribution in [3.8, 4) is 11.3 Å². The summed E-state index contributed by atoms with van der Waals surface area (Å²) in [5, 5.41) is 10.4. The number of anilines is 1. The first-order valence-corrected chi connectivity index (χ1v) is 10.1. The molecule has 9 heteroatoms. The van der Waals surface area contributed by atoms with Gasteiger partial charge in [0.25, 0.3) is 5.56 Å².